The van der Waals surface area contributed by atoms with E-state index in [-0.39, 0.29) is 5.41 Å². The summed E-state index contributed by atoms with van der Waals surface area (Å²) in [4.78, 5) is 15.6. The topological polar surface area (TPSA) is 30.0 Å². The van der Waals surface area contributed by atoms with Gasteiger partial charge in [-0.3, -0.25) is 0 Å². The molecule has 0 saturated carbocycles. The minimum absolute atomic E-state index is 0.274. The summed E-state index contributed by atoms with van der Waals surface area (Å²) in [5.74, 6) is 0. The lowest BCUT2D eigenvalue weighted by atomic mass is 9.93. The summed E-state index contributed by atoms with van der Waals surface area (Å²) in [5, 5.41) is 1.13. The van der Waals surface area contributed by atoms with E-state index in [4.69, 9.17) is 0 Å². The predicted octanol–water partition coefficient (Wildman–Crippen LogP) is 2.47. The Hall–Kier alpha value is -0.700. The number of aldehydes is 1. The van der Waals surface area contributed by atoms with Gasteiger partial charge in [-0.05, 0) is 5.41 Å². The highest BCUT2D eigenvalue weighted by Crippen LogP contribution is 2.23. The van der Waals surface area contributed by atoms with Gasteiger partial charge in [-0.25, -0.2) is 4.98 Å². The van der Waals surface area contributed by atoms with Gasteiger partial charge in [0.05, 0.1) is 5.01 Å². The van der Waals surface area contributed by atoms with Gasteiger partial charge in [0.2, 0.25) is 0 Å². The minimum atomic E-state index is 0.274. The molecule has 0 radical (unpaired) electrons. The quantitative estimate of drug-likeness (QED) is 0.697. The van der Waals surface area contributed by atoms with Crippen molar-refractivity contribution in [2.24, 2.45) is 5.41 Å². The van der Waals surface area contributed by atoms with Crippen molar-refractivity contribution in [3.8, 4) is 0 Å². The molecule has 1 heterocycles. The number of rotatable bonds is 3. The third-order valence-electron chi connectivity index (χ3n) is 1.57. The molecule has 0 N–H and O–H groups in total. The van der Waals surface area contributed by atoms with E-state index in [2.05, 4.69) is 25.8 Å². The van der Waals surface area contributed by atoms with Crippen LogP contribution in [0.5, 0.6) is 0 Å². The highest BCUT2D eigenvalue weighted by atomic mass is 32.1. The molecule has 0 fully saturated rings. The maximum Gasteiger partial charge on any atom is 0.125 e. The first-order chi connectivity index (χ1) is 6.01. The Morgan fingerprint density at radius 3 is 2.77 bits per heavy atom. The lowest BCUT2D eigenvalue weighted by molar-refractivity contribution is -0.107. The molecule has 72 valence electrons. The molecule has 1 rings (SSSR count). The van der Waals surface area contributed by atoms with Crippen LogP contribution in [0, 0.1) is 5.41 Å². The second-order valence-electron chi connectivity index (χ2n) is 4.33. The van der Waals surface area contributed by atoms with Gasteiger partial charge in [0.1, 0.15) is 6.29 Å². The van der Waals surface area contributed by atoms with Crippen LogP contribution in [0.15, 0.2) is 6.20 Å². The number of carbonyl (C=O) groups excluding carboxylic acids is 1. The Bertz CT molecular complexity index is 285. The van der Waals surface area contributed by atoms with E-state index in [9.17, 15) is 4.79 Å². The average molecular weight is 197 g/mol. The van der Waals surface area contributed by atoms with E-state index in [0.717, 1.165) is 22.6 Å². The fraction of sp³-hybridized carbons (Fsp3) is 0.600. The van der Waals surface area contributed by atoms with Crippen LogP contribution in [0.3, 0.4) is 0 Å². The molecule has 0 atom stereocenters. The molecule has 13 heavy (non-hydrogen) atoms. The summed E-state index contributed by atoms with van der Waals surface area (Å²) in [7, 11) is 0. The van der Waals surface area contributed by atoms with Crippen molar-refractivity contribution < 1.29 is 4.79 Å². The zero-order chi connectivity index (χ0) is 9.90. The fourth-order valence-corrected chi connectivity index (χ4v) is 2.23. The Labute approximate surface area is 83.0 Å². The highest BCUT2D eigenvalue weighted by molar-refractivity contribution is 7.11. The molecule has 1 aromatic heterocycles. The number of aromatic nitrogens is 1. The number of hydrogen-bond acceptors (Lipinski definition) is 3. The van der Waals surface area contributed by atoms with Crippen LogP contribution in [0.2, 0.25) is 0 Å². The molecule has 0 aliphatic carbocycles. The smallest absolute Gasteiger partial charge is 0.125 e. The largest absolute Gasteiger partial charge is 0.303 e. The Kier molecular flexibility index (Phi) is 3.20. The van der Waals surface area contributed by atoms with E-state index < -0.39 is 0 Å². The van der Waals surface area contributed by atoms with Crippen LogP contribution >= 0.6 is 11.3 Å². The zero-order valence-electron chi connectivity index (χ0n) is 8.33. The lowest BCUT2D eigenvalue weighted by Crippen LogP contribution is -2.08. The van der Waals surface area contributed by atoms with Crippen molar-refractivity contribution in [3.05, 3.63) is 16.1 Å². The van der Waals surface area contributed by atoms with Gasteiger partial charge in [0, 0.05) is 23.9 Å². The molecule has 1 aromatic rings. The van der Waals surface area contributed by atoms with E-state index in [1.807, 2.05) is 0 Å². The first-order valence-electron chi connectivity index (χ1n) is 4.38. The van der Waals surface area contributed by atoms with Gasteiger partial charge in [0.15, 0.2) is 0 Å². The number of hydrogen-bond donors (Lipinski definition) is 0. The monoisotopic (exact) mass is 197 g/mol. The highest BCUT2D eigenvalue weighted by Gasteiger charge is 2.13. The summed E-state index contributed by atoms with van der Waals surface area (Å²) >= 11 is 1.64. The third kappa shape index (κ3) is 3.68. The molecule has 0 amide bonds. The Morgan fingerprint density at radius 1 is 1.54 bits per heavy atom. The van der Waals surface area contributed by atoms with Crippen LogP contribution in [0.25, 0.3) is 0 Å². The molecule has 0 saturated heterocycles. The molecule has 3 heteroatoms. The van der Waals surface area contributed by atoms with Crippen LogP contribution < -0.4 is 0 Å². The van der Waals surface area contributed by atoms with Gasteiger partial charge in [-0.15, -0.1) is 11.3 Å². The average Bonchev–Trinajstić information content (AvgIpc) is 2.33. The molecule has 0 aromatic carbocycles. The fourth-order valence-electron chi connectivity index (χ4n) is 1.06. The van der Waals surface area contributed by atoms with Gasteiger partial charge in [-0.2, -0.15) is 0 Å². The van der Waals surface area contributed by atoms with E-state index >= 15 is 0 Å². The number of carbonyl (C=O) groups is 1. The van der Waals surface area contributed by atoms with Crippen LogP contribution in [0.4, 0.5) is 0 Å². The molecule has 2 nitrogen and oxygen atoms in total. The zero-order valence-corrected chi connectivity index (χ0v) is 9.15. The summed E-state index contributed by atoms with van der Waals surface area (Å²) in [6.07, 6.45) is 4.22. The second-order valence-corrected chi connectivity index (χ2v) is 5.53. The molecule has 0 unspecified atom stereocenters. The van der Waals surface area contributed by atoms with Crippen molar-refractivity contribution in [3.63, 3.8) is 0 Å². The summed E-state index contributed by atoms with van der Waals surface area (Å²) < 4.78 is 0. The van der Waals surface area contributed by atoms with Crippen molar-refractivity contribution in [2.75, 3.05) is 0 Å². The van der Waals surface area contributed by atoms with Gasteiger partial charge in [-0.1, -0.05) is 20.8 Å². The SMILES string of the molecule is CC(C)(C)Cc1ncc(CC=O)s1. The Balaban J connectivity index is 2.63. The number of thiazole rings is 1. The molecule has 0 bridgehead atoms. The van der Waals surface area contributed by atoms with E-state index in [0.29, 0.717) is 6.42 Å². The van der Waals surface area contributed by atoms with Gasteiger partial charge < -0.3 is 4.79 Å². The number of nitrogens with zero attached hydrogens (tertiary/aromatic N) is 1. The van der Waals surface area contributed by atoms with Crippen LogP contribution in [0.1, 0.15) is 30.7 Å². The first-order valence-corrected chi connectivity index (χ1v) is 5.20. The molecular weight excluding hydrogens is 182 g/mol. The normalized spacial score (nSPS) is 11.6. The van der Waals surface area contributed by atoms with Crippen LogP contribution in [-0.4, -0.2) is 11.3 Å². The van der Waals surface area contributed by atoms with Crippen molar-refractivity contribution >= 4 is 17.6 Å². The summed E-state index contributed by atoms with van der Waals surface area (Å²) in [6.45, 7) is 6.56. The Morgan fingerprint density at radius 2 is 2.23 bits per heavy atom. The van der Waals surface area contributed by atoms with Crippen molar-refractivity contribution in [2.45, 2.75) is 33.6 Å². The summed E-state index contributed by atoms with van der Waals surface area (Å²) in [5.41, 5.74) is 0.274. The van der Waals surface area contributed by atoms with Crippen LogP contribution in [-0.2, 0) is 17.6 Å². The standard InChI is InChI=1S/C10H15NOS/c1-10(2,3)6-9-11-7-8(13-9)4-5-12/h5,7H,4,6H2,1-3H3. The van der Waals surface area contributed by atoms with E-state index in [1.165, 1.54) is 0 Å². The third-order valence-corrected chi connectivity index (χ3v) is 2.59. The van der Waals surface area contributed by atoms with Gasteiger partial charge in [0.25, 0.3) is 0 Å². The van der Waals surface area contributed by atoms with Crippen molar-refractivity contribution in [1.29, 1.82) is 0 Å². The molecular formula is C10H15NOS. The summed E-state index contributed by atoms with van der Waals surface area (Å²) in [6, 6.07) is 0. The maximum absolute atomic E-state index is 10.2. The first kappa shape index (κ1) is 10.4. The van der Waals surface area contributed by atoms with E-state index in [1.54, 1.807) is 17.5 Å². The van der Waals surface area contributed by atoms with Gasteiger partial charge >= 0.3 is 0 Å². The molecule has 0 spiro atoms. The molecule has 0 aliphatic rings. The van der Waals surface area contributed by atoms with Crippen molar-refractivity contribution in [1.82, 2.24) is 4.98 Å². The predicted molar refractivity (Wildman–Crippen MR) is 55.0 cm³/mol. The molecule has 0 aliphatic heterocycles. The lowest BCUT2D eigenvalue weighted by Gasteiger charge is -2.15. The maximum atomic E-state index is 10.2. The minimum Gasteiger partial charge on any atom is -0.303 e. The second kappa shape index (κ2) is 4.01.